The fraction of sp³-hybridized carbons (Fsp3) is 0.500. The van der Waals surface area contributed by atoms with Crippen molar-refractivity contribution >= 4 is 0 Å². The van der Waals surface area contributed by atoms with Crippen LogP contribution in [0.5, 0.6) is 0 Å². The van der Waals surface area contributed by atoms with Crippen molar-refractivity contribution < 1.29 is 0 Å². The number of likely N-dealkylation sites (N-methyl/N-ethyl adjacent to an activating group) is 1. The normalized spacial score (nSPS) is 10.2. The van der Waals surface area contributed by atoms with Crippen LogP contribution in [0.4, 0.5) is 0 Å². The van der Waals surface area contributed by atoms with Gasteiger partial charge >= 0.3 is 0 Å². The van der Waals surface area contributed by atoms with Gasteiger partial charge in [-0.25, -0.2) is 0 Å². The van der Waals surface area contributed by atoms with Gasteiger partial charge < -0.3 is 4.90 Å². The van der Waals surface area contributed by atoms with E-state index in [-0.39, 0.29) is 0 Å². The van der Waals surface area contributed by atoms with Gasteiger partial charge in [-0.2, -0.15) is 5.26 Å². The van der Waals surface area contributed by atoms with E-state index in [1.54, 1.807) is 4.90 Å². The van der Waals surface area contributed by atoms with Crippen molar-refractivity contribution in [3.63, 3.8) is 0 Å². The highest BCUT2D eigenvalue weighted by atomic mass is 15.1. The molecule has 0 atom stereocenters. The van der Waals surface area contributed by atoms with Gasteiger partial charge in [-0.15, -0.1) is 0 Å². The van der Waals surface area contributed by atoms with E-state index < -0.39 is 0 Å². The van der Waals surface area contributed by atoms with Gasteiger partial charge in [-0.3, -0.25) is 0 Å². The maximum Gasteiger partial charge on any atom is 0.179 e. The van der Waals surface area contributed by atoms with Crippen LogP contribution in [0, 0.1) is 18.4 Å². The van der Waals surface area contributed by atoms with Crippen molar-refractivity contribution in [1.29, 1.82) is 5.26 Å². The second-order valence-corrected chi connectivity index (χ2v) is 4.61. The molecule has 0 radical (unpaired) electrons. The number of aryl methyl sites for hydroxylation is 1. The number of nitrogens with zero attached hydrogens (tertiary/aromatic N) is 2. The monoisotopic (exact) mass is 216 g/mol. The lowest BCUT2D eigenvalue weighted by atomic mass is 9.96. The molecular formula is C14H20N2. The Kier molecular flexibility index (Phi) is 4.37. The Labute approximate surface area is 98.5 Å². The highest BCUT2D eigenvalue weighted by Gasteiger charge is 2.04. The van der Waals surface area contributed by atoms with E-state index in [1.807, 2.05) is 7.05 Å². The molecule has 0 saturated heterocycles. The van der Waals surface area contributed by atoms with Crippen LogP contribution < -0.4 is 0 Å². The van der Waals surface area contributed by atoms with Crippen molar-refractivity contribution in [3.05, 3.63) is 34.9 Å². The maximum atomic E-state index is 8.70. The summed E-state index contributed by atoms with van der Waals surface area (Å²) in [5, 5.41) is 8.70. The minimum atomic E-state index is 0.563. The molecule has 0 spiro atoms. The van der Waals surface area contributed by atoms with Crippen LogP contribution in [0.1, 0.15) is 36.5 Å². The summed E-state index contributed by atoms with van der Waals surface area (Å²) in [6, 6.07) is 6.64. The predicted octanol–water partition coefficient (Wildman–Crippen LogP) is 3.07. The highest BCUT2D eigenvalue weighted by molar-refractivity contribution is 5.32. The first-order valence-corrected chi connectivity index (χ1v) is 5.75. The second-order valence-electron chi connectivity index (χ2n) is 4.61. The van der Waals surface area contributed by atoms with E-state index in [9.17, 15) is 0 Å². The zero-order valence-electron chi connectivity index (χ0n) is 10.6. The number of hydrogen-bond donors (Lipinski definition) is 0. The molecule has 1 rings (SSSR count). The highest BCUT2D eigenvalue weighted by Crippen LogP contribution is 2.19. The van der Waals surface area contributed by atoms with E-state index in [0.29, 0.717) is 5.92 Å². The summed E-state index contributed by atoms with van der Waals surface area (Å²) >= 11 is 0. The first-order valence-electron chi connectivity index (χ1n) is 5.75. The molecule has 16 heavy (non-hydrogen) atoms. The Hall–Kier alpha value is -1.49. The summed E-state index contributed by atoms with van der Waals surface area (Å²) in [4.78, 5) is 1.67. The zero-order valence-corrected chi connectivity index (χ0v) is 10.6. The lowest BCUT2D eigenvalue weighted by Gasteiger charge is -2.13. The molecule has 0 aliphatic carbocycles. The molecule has 0 aromatic heterocycles. The average Bonchev–Trinajstić information content (AvgIpc) is 2.27. The molecule has 0 bridgehead atoms. The average molecular weight is 216 g/mol. The predicted molar refractivity (Wildman–Crippen MR) is 67.2 cm³/mol. The van der Waals surface area contributed by atoms with Gasteiger partial charge in [0.05, 0.1) is 0 Å². The van der Waals surface area contributed by atoms with Gasteiger partial charge in [0.1, 0.15) is 0 Å². The van der Waals surface area contributed by atoms with Crippen LogP contribution in [0.25, 0.3) is 0 Å². The number of hydrogen-bond acceptors (Lipinski definition) is 2. The topological polar surface area (TPSA) is 27.0 Å². The Balaban J connectivity index is 2.79. The molecule has 1 aromatic carbocycles. The van der Waals surface area contributed by atoms with Crippen LogP contribution in [-0.2, 0) is 6.42 Å². The molecule has 0 heterocycles. The Morgan fingerprint density at radius 2 is 2.06 bits per heavy atom. The maximum absolute atomic E-state index is 8.70. The van der Waals surface area contributed by atoms with Crippen molar-refractivity contribution in [2.24, 2.45) is 0 Å². The Morgan fingerprint density at radius 1 is 1.38 bits per heavy atom. The van der Waals surface area contributed by atoms with Gasteiger partial charge in [0.25, 0.3) is 0 Å². The molecule has 1 aromatic rings. The molecule has 0 fully saturated rings. The van der Waals surface area contributed by atoms with Gasteiger partial charge in [0.15, 0.2) is 6.19 Å². The van der Waals surface area contributed by atoms with Crippen LogP contribution in [-0.4, -0.2) is 18.5 Å². The van der Waals surface area contributed by atoms with Crippen LogP contribution in [0.15, 0.2) is 18.2 Å². The van der Waals surface area contributed by atoms with Crippen molar-refractivity contribution in [1.82, 2.24) is 4.90 Å². The summed E-state index contributed by atoms with van der Waals surface area (Å²) in [6.07, 6.45) is 3.07. The zero-order chi connectivity index (χ0) is 12.1. The van der Waals surface area contributed by atoms with Crippen molar-refractivity contribution in [2.45, 2.75) is 33.1 Å². The van der Waals surface area contributed by atoms with E-state index in [4.69, 9.17) is 5.26 Å². The molecule has 0 N–H and O–H groups in total. The molecule has 0 aliphatic rings. The molecule has 2 nitrogen and oxygen atoms in total. The van der Waals surface area contributed by atoms with E-state index in [2.05, 4.69) is 45.2 Å². The standard InChI is InChI=1S/C14H20N2/c1-11(2)13-6-5-12(3)14(9-13)7-8-16(4)10-15/h5-6,9,11H,7-8H2,1-4H3. The summed E-state index contributed by atoms with van der Waals surface area (Å²) in [6.45, 7) is 7.33. The smallest absolute Gasteiger partial charge is 0.179 e. The van der Waals surface area contributed by atoms with Gasteiger partial charge in [-0.05, 0) is 36.0 Å². The third-order valence-corrected chi connectivity index (χ3v) is 2.93. The van der Waals surface area contributed by atoms with Crippen LogP contribution >= 0.6 is 0 Å². The summed E-state index contributed by atoms with van der Waals surface area (Å²) in [7, 11) is 1.82. The van der Waals surface area contributed by atoms with Crippen molar-refractivity contribution in [2.75, 3.05) is 13.6 Å². The fourth-order valence-corrected chi connectivity index (χ4v) is 1.66. The largest absolute Gasteiger partial charge is 0.313 e. The lowest BCUT2D eigenvalue weighted by Crippen LogP contribution is -2.15. The molecule has 0 saturated carbocycles. The quantitative estimate of drug-likeness (QED) is 0.571. The number of nitriles is 1. The lowest BCUT2D eigenvalue weighted by molar-refractivity contribution is 0.478. The van der Waals surface area contributed by atoms with Gasteiger partial charge in [0, 0.05) is 13.6 Å². The fourth-order valence-electron chi connectivity index (χ4n) is 1.66. The van der Waals surface area contributed by atoms with Gasteiger partial charge in [0.2, 0.25) is 0 Å². The third-order valence-electron chi connectivity index (χ3n) is 2.93. The molecule has 0 aliphatic heterocycles. The number of rotatable bonds is 4. The first kappa shape index (κ1) is 12.6. The number of benzene rings is 1. The summed E-state index contributed by atoms with van der Waals surface area (Å²) in [5.74, 6) is 0.563. The van der Waals surface area contributed by atoms with Crippen molar-refractivity contribution in [3.8, 4) is 6.19 Å². The van der Waals surface area contributed by atoms with Gasteiger partial charge in [-0.1, -0.05) is 32.0 Å². The molecule has 0 unspecified atom stereocenters. The minimum absolute atomic E-state index is 0.563. The minimum Gasteiger partial charge on any atom is -0.313 e. The van der Waals surface area contributed by atoms with E-state index >= 15 is 0 Å². The Morgan fingerprint density at radius 3 is 2.62 bits per heavy atom. The second kappa shape index (κ2) is 5.55. The van der Waals surface area contributed by atoms with Crippen LogP contribution in [0.2, 0.25) is 0 Å². The first-order chi connectivity index (χ1) is 7.54. The summed E-state index contributed by atoms with van der Waals surface area (Å²) in [5.41, 5.74) is 4.05. The van der Waals surface area contributed by atoms with E-state index in [0.717, 1.165) is 13.0 Å². The van der Waals surface area contributed by atoms with Crippen LogP contribution in [0.3, 0.4) is 0 Å². The molecular weight excluding hydrogens is 196 g/mol. The molecule has 2 heteroatoms. The third kappa shape index (κ3) is 3.27. The molecule has 86 valence electrons. The SMILES string of the molecule is Cc1ccc(C(C)C)cc1CCN(C)C#N. The Bertz CT molecular complexity index is 388. The summed E-state index contributed by atoms with van der Waals surface area (Å²) < 4.78 is 0. The van der Waals surface area contributed by atoms with E-state index in [1.165, 1.54) is 16.7 Å². The molecule has 0 amide bonds.